The summed E-state index contributed by atoms with van der Waals surface area (Å²) >= 11 is 1.64. The minimum absolute atomic E-state index is 0.0575. The molecule has 2 N–H and O–H groups in total. The maximum absolute atomic E-state index is 12.6. The average Bonchev–Trinajstić information content (AvgIpc) is 2.77. The number of aromatic nitrogens is 2. The second-order valence-electron chi connectivity index (χ2n) is 6.26. The van der Waals surface area contributed by atoms with Crippen molar-refractivity contribution >= 4 is 23.4 Å². The molecular formula is C23H17N3O2S. The normalized spacial score (nSPS) is 10.5. The van der Waals surface area contributed by atoms with Crippen LogP contribution in [-0.2, 0) is 0 Å². The second kappa shape index (κ2) is 8.58. The van der Waals surface area contributed by atoms with Crippen molar-refractivity contribution in [3.05, 3.63) is 107 Å². The Labute approximate surface area is 171 Å². The van der Waals surface area contributed by atoms with Crippen LogP contribution >= 0.6 is 11.8 Å². The molecule has 29 heavy (non-hydrogen) atoms. The van der Waals surface area contributed by atoms with E-state index in [-0.39, 0.29) is 5.56 Å². The minimum atomic E-state index is -0.453. The Bertz CT molecular complexity index is 1170. The first-order valence-corrected chi connectivity index (χ1v) is 9.78. The molecule has 0 saturated carbocycles. The molecule has 0 saturated heterocycles. The molecule has 4 rings (SSSR count). The summed E-state index contributed by atoms with van der Waals surface area (Å²) in [5, 5.41) is 2.79. The molecular weight excluding hydrogens is 382 g/mol. The molecule has 0 spiro atoms. The van der Waals surface area contributed by atoms with Crippen molar-refractivity contribution in [3.8, 4) is 11.1 Å². The molecule has 2 aromatic carbocycles. The highest BCUT2D eigenvalue weighted by Gasteiger charge is 2.13. The van der Waals surface area contributed by atoms with Gasteiger partial charge in [0.05, 0.1) is 0 Å². The zero-order valence-corrected chi connectivity index (χ0v) is 16.1. The predicted octanol–water partition coefficient (Wildman–Crippen LogP) is 4.84. The maximum atomic E-state index is 12.6. The molecule has 142 valence electrons. The molecule has 0 bridgehead atoms. The van der Waals surface area contributed by atoms with E-state index < -0.39 is 11.5 Å². The highest BCUT2D eigenvalue weighted by Crippen LogP contribution is 2.28. The third kappa shape index (κ3) is 4.62. The lowest BCUT2D eigenvalue weighted by molar-refractivity contribution is 0.102. The molecule has 0 aliphatic heterocycles. The Morgan fingerprint density at radius 3 is 2.28 bits per heavy atom. The Morgan fingerprint density at radius 2 is 1.55 bits per heavy atom. The molecule has 6 heteroatoms. The summed E-state index contributed by atoms with van der Waals surface area (Å²) in [5.41, 5.74) is 1.86. The zero-order chi connectivity index (χ0) is 20.1. The van der Waals surface area contributed by atoms with Crippen LogP contribution in [0.2, 0.25) is 0 Å². The number of H-pyrrole nitrogens is 1. The van der Waals surface area contributed by atoms with E-state index in [4.69, 9.17) is 0 Å². The van der Waals surface area contributed by atoms with Gasteiger partial charge in [-0.1, -0.05) is 30.0 Å². The molecule has 0 radical (unpaired) electrons. The van der Waals surface area contributed by atoms with Gasteiger partial charge in [-0.05, 0) is 65.7 Å². The molecule has 1 amide bonds. The largest absolute Gasteiger partial charge is 0.328 e. The van der Waals surface area contributed by atoms with Crippen LogP contribution in [0.25, 0.3) is 11.1 Å². The molecule has 0 aliphatic carbocycles. The predicted molar refractivity (Wildman–Crippen MR) is 115 cm³/mol. The Balaban J connectivity index is 1.50. The van der Waals surface area contributed by atoms with Crippen LogP contribution in [0, 0.1) is 0 Å². The van der Waals surface area contributed by atoms with Crippen LogP contribution in [0.4, 0.5) is 5.69 Å². The minimum Gasteiger partial charge on any atom is -0.328 e. The van der Waals surface area contributed by atoms with Crippen molar-refractivity contribution in [3.63, 3.8) is 0 Å². The van der Waals surface area contributed by atoms with Gasteiger partial charge in [-0.3, -0.25) is 14.6 Å². The topological polar surface area (TPSA) is 74.8 Å². The Hall–Kier alpha value is -3.64. The van der Waals surface area contributed by atoms with Crippen molar-refractivity contribution in [1.29, 1.82) is 0 Å². The Morgan fingerprint density at radius 1 is 0.862 bits per heavy atom. The first-order chi connectivity index (χ1) is 14.2. The second-order valence-corrected chi connectivity index (χ2v) is 7.41. The van der Waals surface area contributed by atoms with Gasteiger partial charge in [0.2, 0.25) is 0 Å². The number of nitrogens with one attached hydrogen (secondary N) is 2. The van der Waals surface area contributed by atoms with Gasteiger partial charge in [0.25, 0.3) is 11.5 Å². The van der Waals surface area contributed by atoms with Gasteiger partial charge in [-0.2, -0.15) is 0 Å². The van der Waals surface area contributed by atoms with Gasteiger partial charge in [0.1, 0.15) is 5.56 Å². The number of anilines is 1. The van der Waals surface area contributed by atoms with Crippen LogP contribution in [0.15, 0.2) is 106 Å². The van der Waals surface area contributed by atoms with E-state index in [0.717, 1.165) is 20.9 Å². The van der Waals surface area contributed by atoms with Crippen LogP contribution in [0.1, 0.15) is 10.4 Å². The number of carbonyl (C=O) groups is 1. The molecule has 0 atom stereocenters. The highest BCUT2D eigenvalue weighted by molar-refractivity contribution is 7.99. The number of benzene rings is 2. The lowest BCUT2D eigenvalue weighted by Gasteiger charge is -2.08. The smallest absolute Gasteiger partial charge is 0.261 e. The summed E-state index contributed by atoms with van der Waals surface area (Å²) in [6, 6.07) is 22.8. The average molecular weight is 399 g/mol. The fraction of sp³-hybridized carbons (Fsp3) is 0. The van der Waals surface area contributed by atoms with Gasteiger partial charge in [-0.15, -0.1) is 0 Å². The number of carbonyl (C=O) groups excluding carboxylic acids is 1. The lowest BCUT2D eigenvalue weighted by atomic mass is 10.1. The lowest BCUT2D eigenvalue weighted by Crippen LogP contribution is -2.22. The van der Waals surface area contributed by atoms with Crippen LogP contribution in [0.3, 0.4) is 0 Å². The third-order valence-corrected chi connectivity index (χ3v) is 5.27. The summed E-state index contributed by atoms with van der Waals surface area (Å²) in [5.74, 6) is -0.453. The van der Waals surface area contributed by atoms with Crippen molar-refractivity contribution in [2.75, 3.05) is 5.32 Å². The van der Waals surface area contributed by atoms with Crippen molar-refractivity contribution in [2.45, 2.75) is 9.79 Å². The molecule has 0 unspecified atom stereocenters. The maximum Gasteiger partial charge on any atom is 0.261 e. The van der Waals surface area contributed by atoms with Gasteiger partial charge in [0.15, 0.2) is 0 Å². The van der Waals surface area contributed by atoms with Gasteiger partial charge < -0.3 is 10.3 Å². The number of aromatic amines is 1. The van der Waals surface area contributed by atoms with E-state index in [1.807, 2.05) is 66.7 Å². The van der Waals surface area contributed by atoms with Crippen LogP contribution in [0.5, 0.6) is 0 Å². The summed E-state index contributed by atoms with van der Waals surface area (Å²) in [4.78, 5) is 33.6. The molecule has 2 aromatic heterocycles. The molecule has 5 nitrogen and oxygen atoms in total. The Kier molecular flexibility index (Phi) is 5.54. The molecule has 4 aromatic rings. The summed E-state index contributed by atoms with van der Waals surface area (Å²) in [7, 11) is 0. The summed E-state index contributed by atoms with van der Waals surface area (Å²) in [6.07, 6.45) is 4.91. The van der Waals surface area contributed by atoms with Gasteiger partial charge in [0, 0.05) is 34.1 Å². The fourth-order valence-corrected chi connectivity index (χ4v) is 3.63. The van der Waals surface area contributed by atoms with E-state index in [1.54, 1.807) is 36.4 Å². The van der Waals surface area contributed by atoms with Crippen LogP contribution in [-0.4, -0.2) is 15.9 Å². The van der Waals surface area contributed by atoms with E-state index in [0.29, 0.717) is 5.69 Å². The van der Waals surface area contributed by atoms with Crippen molar-refractivity contribution in [2.24, 2.45) is 0 Å². The molecule has 2 heterocycles. The highest BCUT2D eigenvalue weighted by atomic mass is 32.2. The third-order valence-electron chi connectivity index (χ3n) is 4.25. The standard InChI is InChI=1S/C23H17N3O2S/c27-22-21(14-17(15-25-22)16-10-12-24-13-11-16)23(28)26-18-6-8-20(9-7-18)29-19-4-2-1-3-5-19/h1-15H,(H,25,27)(H,26,28). The van der Waals surface area contributed by atoms with Gasteiger partial charge in [-0.25, -0.2) is 0 Å². The quantitative estimate of drug-likeness (QED) is 0.504. The van der Waals surface area contributed by atoms with E-state index >= 15 is 0 Å². The number of rotatable bonds is 5. The first-order valence-electron chi connectivity index (χ1n) is 8.96. The SMILES string of the molecule is O=C(Nc1ccc(Sc2ccccc2)cc1)c1cc(-c2ccncc2)c[nH]c1=O. The number of amides is 1. The molecule has 0 fully saturated rings. The van der Waals surface area contributed by atoms with E-state index in [1.165, 1.54) is 0 Å². The van der Waals surface area contributed by atoms with Crippen LogP contribution < -0.4 is 10.9 Å². The van der Waals surface area contributed by atoms with Gasteiger partial charge >= 0.3 is 0 Å². The number of hydrogen-bond donors (Lipinski definition) is 2. The monoisotopic (exact) mass is 399 g/mol. The molecule has 0 aliphatic rings. The summed E-state index contributed by atoms with van der Waals surface area (Å²) in [6.45, 7) is 0. The number of pyridine rings is 2. The zero-order valence-electron chi connectivity index (χ0n) is 15.3. The summed E-state index contributed by atoms with van der Waals surface area (Å²) < 4.78 is 0. The number of nitrogens with zero attached hydrogens (tertiary/aromatic N) is 1. The fourth-order valence-electron chi connectivity index (χ4n) is 2.79. The van der Waals surface area contributed by atoms with E-state index in [2.05, 4.69) is 15.3 Å². The van der Waals surface area contributed by atoms with Crippen molar-refractivity contribution < 1.29 is 4.79 Å². The number of hydrogen-bond acceptors (Lipinski definition) is 4. The van der Waals surface area contributed by atoms with Crippen molar-refractivity contribution in [1.82, 2.24) is 9.97 Å². The first kappa shape index (κ1) is 18.7. The van der Waals surface area contributed by atoms with E-state index in [9.17, 15) is 9.59 Å².